The third kappa shape index (κ3) is 4.26. The number of nitrogens with zero attached hydrogens (tertiary/aromatic N) is 2. The molecule has 1 amide bonds. The van der Waals surface area contributed by atoms with Crippen LogP contribution < -0.4 is 5.32 Å². The van der Waals surface area contributed by atoms with E-state index < -0.39 is 0 Å². The van der Waals surface area contributed by atoms with Crippen LogP contribution in [-0.4, -0.2) is 20.7 Å². The summed E-state index contributed by atoms with van der Waals surface area (Å²) >= 11 is 6.23. The van der Waals surface area contributed by atoms with Crippen LogP contribution in [0.2, 0.25) is 5.02 Å². The van der Waals surface area contributed by atoms with Gasteiger partial charge < -0.3 is 10.3 Å². The highest BCUT2D eigenvalue weighted by Gasteiger charge is 2.11. The van der Waals surface area contributed by atoms with Gasteiger partial charge in [-0.05, 0) is 30.0 Å². The topological polar surface area (TPSA) is 62.7 Å². The molecule has 28 heavy (non-hydrogen) atoms. The van der Waals surface area contributed by atoms with Crippen LogP contribution in [0.5, 0.6) is 0 Å². The van der Waals surface area contributed by atoms with E-state index in [2.05, 4.69) is 27.5 Å². The first-order chi connectivity index (χ1) is 13.7. The second-order valence-corrected chi connectivity index (χ2v) is 7.18. The Kier molecular flexibility index (Phi) is 5.44. The molecule has 0 aliphatic heterocycles. The molecule has 6 heteroatoms. The highest BCUT2D eigenvalue weighted by atomic mass is 35.5. The van der Waals surface area contributed by atoms with Gasteiger partial charge in [0.15, 0.2) is 5.82 Å². The summed E-state index contributed by atoms with van der Waals surface area (Å²) in [5, 5.41) is 8.87. The lowest BCUT2D eigenvalue weighted by atomic mass is 10.1. The van der Waals surface area contributed by atoms with Gasteiger partial charge in [-0.1, -0.05) is 60.1 Å². The fourth-order valence-electron chi connectivity index (χ4n) is 3.31. The van der Waals surface area contributed by atoms with Gasteiger partial charge in [0.25, 0.3) is 0 Å². The number of aromatic amines is 1. The molecule has 0 atom stereocenters. The van der Waals surface area contributed by atoms with E-state index in [-0.39, 0.29) is 5.91 Å². The van der Waals surface area contributed by atoms with E-state index in [0.29, 0.717) is 23.8 Å². The SMILES string of the molecule is O=C(CCCc1c[nH]c2ccccc12)Nc1nn(Cc2ccccc2)cc1Cl. The first kappa shape index (κ1) is 18.3. The fraction of sp³-hybridized carbons (Fsp3) is 0.182. The highest BCUT2D eigenvalue weighted by Crippen LogP contribution is 2.22. The Morgan fingerprint density at radius 1 is 1.11 bits per heavy atom. The number of fused-ring (bicyclic) bond motifs is 1. The average molecular weight is 393 g/mol. The summed E-state index contributed by atoms with van der Waals surface area (Å²) in [6.07, 6.45) is 5.77. The lowest BCUT2D eigenvalue weighted by Gasteiger charge is -2.03. The van der Waals surface area contributed by atoms with Crippen LogP contribution in [0, 0.1) is 0 Å². The minimum Gasteiger partial charge on any atom is -0.361 e. The third-order valence-electron chi connectivity index (χ3n) is 4.69. The Bertz CT molecular complexity index is 1080. The van der Waals surface area contributed by atoms with Gasteiger partial charge in [-0.2, -0.15) is 5.10 Å². The quantitative estimate of drug-likeness (QED) is 0.463. The Hall–Kier alpha value is -3.05. The lowest BCUT2D eigenvalue weighted by molar-refractivity contribution is -0.116. The molecule has 2 heterocycles. The molecule has 4 rings (SSSR count). The molecule has 0 aliphatic carbocycles. The molecule has 0 unspecified atom stereocenters. The van der Waals surface area contributed by atoms with Crippen molar-refractivity contribution in [3.63, 3.8) is 0 Å². The predicted molar refractivity (Wildman–Crippen MR) is 113 cm³/mol. The molecule has 2 N–H and O–H groups in total. The third-order valence-corrected chi connectivity index (χ3v) is 4.96. The van der Waals surface area contributed by atoms with Gasteiger partial charge in [0.05, 0.1) is 6.54 Å². The number of H-pyrrole nitrogens is 1. The van der Waals surface area contributed by atoms with Crippen LogP contribution in [0.3, 0.4) is 0 Å². The van der Waals surface area contributed by atoms with Crippen LogP contribution >= 0.6 is 11.6 Å². The number of para-hydroxylation sites is 1. The zero-order chi connectivity index (χ0) is 19.3. The molecular weight excluding hydrogens is 372 g/mol. The molecule has 5 nitrogen and oxygen atoms in total. The number of amides is 1. The number of anilines is 1. The fourth-order valence-corrected chi connectivity index (χ4v) is 3.50. The van der Waals surface area contributed by atoms with E-state index in [1.807, 2.05) is 48.7 Å². The summed E-state index contributed by atoms with van der Waals surface area (Å²) in [5.74, 6) is 0.335. The predicted octanol–water partition coefficient (Wildman–Crippen LogP) is 5.03. The second-order valence-electron chi connectivity index (χ2n) is 6.77. The zero-order valence-electron chi connectivity index (χ0n) is 15.4. The smallest absolute Gasteiger partial charge is 0.225 e. The highest BCUT2D eigenvalue weighted by molar-refractivity contribution is 6.33. The van der Waals surface area contributed by atoms with Crippen molar-refractivity contribution in [2.75, 3.05) is 5.32 Å². The van der Waals surface area contributed by atoms with Crippen molar-refractivity contribution < 1.29 is 4.79 Å². The summed E-state index contributed by atoms with van der Waals surface area (Å²) in [5.41, 5.74) is 3.48. The minimum atomic E-state index is -0.0771. The summed E-state index contributed by atoms with van der Waals surface area (Å²) in [7, 11) is 0. The molecule has 0 saturated heterocycles. The number of nitrogens with one attached hydrogen (secondary N) is 2. The van der Waals surface area contributed by atoms with E-state index >= 15 is 0 Å². The Morgan fingerprint density at radius 3 is 2.75 bits per heavy atom. The number of rotatable bonds is 7. The zero-order valence-corrected chi connectivity index (χ0v) is 16.1. The minimum absolute atomic E-state index is 0.0771. The Morgan fingerprint density at radius 2 is 1.89 bits per heavy atom. The molecule has 0 fully saturated rings. The number of carbonyl (C=O) groups excluding carboxylic acids is 1. The van der Waals surface area contributed by atoms with Crippen LogP contribution in [0.25, 0.3) is 10.9 Å². The van der Waals surface area contributed by atoms with Crippen molar-refractivity contribution in [1.29, 1.82) is 0 Å². The first-order valence-electron chi connectivity index (χ1n) is 9.31. The number of carbonyl (C=O) groups is 1. The maximum absolute atomic E-state index is 12.3. The molecule has 0 saturated carbocycles. The van der Waals surface area contributed by atoms with Gasteiger partial charge in [-0.3, -0.25) is 9.48 Å². The van der Waals surface area contributed by atoms with Crippen LogP contribution in [0.1, 0.15) is 24.0 Å². The van der Waals surface area contributed by atoms with Gasteiger partial charge in [-0.25, -0.2) is 0 Å². The van der Waals surface area contributed by atoms with Crippen molar-refractivity contribution in [2.24, 2.45) is 0 Å². The maximum atomic E-state index is 12.3. The number of hydrogen-bond donors (Lipinski definition) is 2. The van der Waals surface area contributed by atoms with Crippen LogP contribution in [-0.2, 0) is 17.8 Å². The van der Waals surface area contributed by atoms with E-state index in [4.69, 9.17) is 11.6 Å². The van der Waals surface area contributed by atoms with E-state index in [1.165, 1.54) is 10.9 Å². The second kappa shape index (κ2) is 8.31. The number of hydrogen-bond acceptors (Lipinski definition) is 2. The number of aryl methyl sites for hydroxylation is 1. The van der Waals surface area contributed by atoms with Gasteiger partial charge in [0.2, 0.25) is 5.91 Å². The normalized spacial score (nSPS) is 11.0. The Balaban J connectivity index is 1.31. The first-order valence-corrected chi connectivity index (χ1v) is 9.68. The van der Waals surface area contributed by atoms with Crippen molar-refractivity contribution in [3.8, 4) is 0 Å². The average Bonchev–Trinajstić information content (AvgIpc) is 3.26. The van der Waals surface area contributed by atoms with Gasteiger partial charge >= 0.3 is 0 Å². The molecule has 2 aromatic carbocycles. The van der Waals surface area contributed by atoms with Gasteiger partial charge in [-0.15, -0.1) is 0 Å². The Labute approximate surface area is 168 Å². The summed E-state index contributed by atoms with van der Waals surface area (Å²) in [6.45, 7) is 0.608. The van der Waals surface area contributed by atoms with Crippen molar-refractivity contribution in [1.82, 2.24) is 14.8 Å². The number of benzene rings is 2. The molecule has 0 radical (unpaired) electrons. The molecule has 2 aromatic heterocycles. The lowest BCUT2D eigenvalue weighted by Crippen LogP contribution is -2.12. The maximum Gasteiger partial charge on any atom is 0.225 e. The monoisotopic (exact) mass is 392 g/mol. The summed E-state index contributed by atoms with van der Waals surface area (Å²) in [4.78, 5) is 15.6. The molecule has 142 valence electrons. The molecule has 4 aromatic rings. The van der Waals surface area contributed by atoms with Crippen LogP contribution in [0.4, 0.5) is 5.82 Å². The van der Waals surface area contributed by atoms with Gasteiger partial charge in [0.1, 0.15) is 5.02 Å². The molecular formula is C22H21ClN4O. The van der Waals surface area contributed by atoms with E-state index in [9.17, 15) is 4.79 Å². The van der Waals surface area contributed by atoms with Crippen molar-refractivity contribution in [2.45, 2.75) is 25.8 Å². The summed E-state index contributed by atoms with van der Waals surface area (Å²) in [6, 6.07) is 18.2. The number of aromatic nitrogens is 3. The van der Waals surface area contributed by atoms with E-state index in [0.717, 1.165) is 23.9 Å². The standard InChI is InChI=1S/C22H21ClN4O/c23-19-15-27(14-16-7-2-1-3-8-16)26-22(19)25-21(28)12-6-9-17-13-24-20-11-5-4-10-18(17)20/h1-5,7-8,10-11,13,15,24H,6,9,12,14H2,(H,25,26,28). The van der Waals surface area contributed by atoms with Gasteiger partial charge in [0, 0.05) is 29.7 Å². The van der Waals surface area contributed by atoms with E-state index in [1.54, 1.807) is 10.9 Å². The van der Waals surface area contributed by atoms with Crippen molar-refractivity contribution >= 4 is 34.2 Å². The van der Waals surface area contributed by atoms with Crippen LogP contribution in [0.15, 0.2) is 67.0 Å². The molecule has 0 spiro atoms. The molecule has 0 aliphatic rings. The summed E-state index contributed by atoms with van der Waals surface area (Å²) < 4.78 is 1.74. The van der Waals surface area contributed by atoms with Crippen molar-refractivity contribution in [3.05, 3.63) is 83.1 Å². The molecule has 0 bridgehead atoms. The largest absolute Gasteiger partial charge is 0.361 e. The number of halogens is 1.